The van der Waals surface area contributed by atoms with Crippen molar-refractivity contribution in [3.8, 4) is 0 Å². The molecule has 0 fully saturated rings. The van der Waals surface area contributed by atoms with Gasteiger partial charge in [-0.05, 0) is 44.9 Å². The number of ether oxygens (including phenoxy) is 3. The minimum atomic E-state index is -0.769. The van der Waals surface area contributed by atoms with Crippen molar-refractivity contribution in [1.29, 1.82) is 0 Å². The summed E-state index contributed by atoms with van der Waals surface area (Å²) in [6, 6.07) is 0. The standard InChI is InChI=1S/C66H126O6/c1-4-7-10-13-16-19-22-25-26-27-28-29-30-31-32-33-34-35-36-37-38-39-40-41-42-45-47-50-53-56-59-65(68)71-62-63(72-66(69)60-57-54-51-48-44-24-21-18-15-12-9-6-3)61-70-64(67)58-55-52-49-46-43-23-20-17-14-11-8-5-2/h18,21,63H,4-17,19-20,22-62H2,1-3H3/b21-18-. The summed E-state index contributed by atoms with van der Waals surface area (Å²) in [6.45, 7) is 6.67. The Morgan fingerprint density at radius 2 is 0.458 bits per heavy atom. The minimum absolute atomic E-state index is 0.0675. The number of allylic oxidation sites excluding steroid dienone is 2. The third-order valence-corrected chi connectivity index (χ3v) is 15.0. The van der Waals surface area contributed by atoms with Crippen molar-refractivity contribution >= 4 is 17.9 Å². The summed E-state index contributed by atoms with van der Waals surface area (Å²) in [7, 11) is 0. The van der Waals surface area contributed by atoms with Gasteiger partial charge in [-0.2, -0.15) is 0 Å². The summed E-state index contributed by atoms with van der Waals surface area (Å²) in [5.41, 5.74) is 0. The number of carbonyl (C=O) groups is 3. The average molecular weight is 1020 g/mol. The molecule has 72 heavy (non-hydrogen) atoms. The molecule has 426 valence electrons. The van der Waals surface area contributed by atoms with Crippen molar-refractivity contribution in [2.24, 2.45) is 0 Å². The lowest BCUT2D eigenvalue weighted by molar-refractivity contribution is -0.167. The smallest absolute Gasteiger partial charge is 0.306 e. The Labute approximate surface area is 450 Å². The molecule has 0 spiro atoms. The van der Waals surface area contributed by atoms with Crippen LogP contribution in [0.1, 0.15) is 374 Å². The lowest BCUT2D eigenvalue weighted by atomic mass is 10.0. The number of unbranched alkanes of at least 4 members (excludes halogenated alkanes) is 48. The highest BCUT2D eigenvalue weighted by Crippen LogP contribution is 2.18. The molecule has 0 amide bonds. The van der Waals surface area contributed by atoms with Gasteiger partial charge in [0, 0.05) is 19.3 Å². The van der Waals surface area contributed by atoms with Crippen LogP contribution in [0.2, 0.25) is 0 Å². The average Bonchev–Trinajstić information content (AvgIpc) is 3.38. The van der Waals surface area contributed by atoms with Crippen LogP contribution in [0, 0.1) is 0 Å². The molecule has 0 saturated carbocycles. The second kappa shape index (κ2) is 61.7. The summed E-state index contributed by atoms with van der Waals surface area (Å²) in [4.78, 5) is 38.1. The largest absolute Gasteiger partial charge is 0.462 e. The first-order valence-electron chi connectivity index (χ1n) is 32.7. The fourth-order valence-corrected chi connectivity index (χ4v) is 10.1. The van der Waals surface area contributed by atoms with Crippen molar-refractivity contribution in [3.63, 3.8) is 0 Å². The summed E-state index contributed by atoms with van der Waals surface area (Å²) in [5.74, 6) is -0.851. The maximum atomic E-state index is 12.8. The molecule has 6 heteroatoms. The van der Waals surface area contributed by atoms with Gasteiger partial charge >= 0.3 is 17.9 Å². The molecule has 1 unspecified atom stereocenters. The highest BCUT2D eigenvalue weighted by Gasteiger charge is 2.19. The second-order valence-corrected chi connectivity index (χ2v) is 22.4. The quantitative estimate of drug-likeness (QED) is 0.0261. The highest BCUT2D eigenvalue weighted by atomic mass is 16.6. The molecule has 0 aliphatic heterocycles. The van der Waals surface area contributed by atoms with Crippen LogP contribution < -0.4 is 0 Å². The number of carbonyl (C=O) groups excluding carboxylic acids is 3. The predicted octanol–water partition coefficient (Wildman–Crippen LogP) is 22.1. The van der Waals surface area contributed by atoms with Crippen LogP contribution in [0.4, 0.5) is 0 Å². The maximum absolute atomic E-state index is 12.8. The van der Waals surface area contributed by atoms with Crippen molar-refractivity contribution in [2.75, 3.05) is 13.2 Å². The van der Waals surface area contributed by atoms with Crippen LogP contribution in [0.25, 0.3) is 0 Å². The molecule has 0 aliphatic carbocycles. The van der Waals surface area contributed by atoms with Gasteiger partial charge in [0.15, 0.2) is 6.10 Å². The van der Waals surface area contributed by atoms with E-state index in [1.165, 1.54) is 270 Å². The van der Waals surface area contributed by atoms with Gasteiger partial charge in [0.25, 0.3) is 0 Å². The first-order chi connectivity index (χ1) is 35.5. The van der Waals surface area contributed by atoms with Crippen molar-refractivity contribution < 1.29 is 28.6 Å². The lowest BCUT2D eigenvalue weighted by Crippen LogP contribution is -2.30. The molecule has 0 saturated heterocycles. The fourth-order valence-electron chi connectivity index (χ4n) is 10.1. The van der Waals surface area contributed by atoms with Gasteiger partial charge in [-0.1, -0.05) is 322 Å². The molecule has 6 nitrogen and oxygen atoms in total. The number of esters is 3. The monoisotopic (exact) mass is 1010 g/mol. The van der Waals surface area contributed by atoms with E-state index >= 15 is 0 Å². The first-order valence-corrected chi connectivity index (χ1v) is 32.7. The van der Waals surface area contributed by atoms with E-state index in [0.717, 1.165) is 64.2 Å². The molecule has 0 aliphatic rings. The summed E-state index contributed by atoms with van der Waals surface area (Å²) in [6.07, 6.45) is 72.5. The van der Waals surface area contributed by atoms with Crippen LogP contribution in [0.5, 0.6) is 0 Å². The van der Waals surface area contributed by atoms with Gasteiger partial charge in [0.2, 0.25) is 0 Å². The van der Waals surface area contributed by atoms with E-state index in [-0.39, 0.29) is 31.1 Å². The van der Waals surface area contributed by atoms with E-state index in [9.17, 15) is 14.4 Å². The first kappa shape index (κ1) is 70.1. The molecule has 0 radical (unpaired) electrons. The van der Waals surface area contributed by atoms with Crippen LogP contribution in [0.15, 0.2) is 12.2 Å². The summed E-state index contributed by atoms with van der Waals surface area (Å²) >= 11 is 0. The third-order valence-electron chi connectivity index (χ3n) is 15.0. The van der Waals surface area contributed by atoms with Crippen LogP contribution >= 0.6 is 0 Å². The molecule has 1 atom stereocenters. The van der Waals surface area contributed by atoms with E-state index in [4.69, 9.17) is 14.2 Å². The topological polar surface area (TPSA) is 78.9 Å². The zero-order valence-electron chi connectivity index (χ0n) is 49.0. The third kappa shape index (κ3) is 59.0. The number of rotatable bonds is 61. The molecule has 0 aromatic heterocycles. The van der Waals surface area contributed by atoms with Crippen LogP contribution in [0.3, 0.4) is 0 Å². The predicted molar refractivity (Wildman–Crippen MR) is 312 cm³/mol. The van der Waals surface area contributed by atoms with E-state index < -0.39 is 6.10 Å². The van der Waals surface area contributed by atoms with Gasteiger partial charge in [0.1, 0.15) is 13.2 Å². The molecule has 0 bridgehead atoms. The molecule has 0 heterocycles. The summed E-state index contributed by atoms with van der Waals surface area (Å²) < 4.78 is 16.9. The van der Waals surface area contributed by atoms with Gasteiger partial charge < -0.3 is 14.2 Å². The summed E-state index contributed by atoms with van der Waals surface area (Å²) in [5, 5.41) is 0. The van der Waals surface area contributed by atoms with Crippen LogP contribution in [-0.2, 0) is 28.6 Å². The minimum Gasteiger partial charge on any atom is -0.462 e. The Morgan fingerprint density at radius 3 is 0.722 bits per heavy atom. The molecule has 0 aromatic carbocycles. The van der Waals surface area contributed by atoms with Crippen molar-refractivity contribution in [1.82, 2.24) is 0 Å². The van der Waals surface area contributed by atoms with Gasteiger partial charge in [-0.25, -0.2) is 0 Å². The Bertz CT molecular complexity index is 1120. The van der Waals surface area contributed by atoms with E-state index in [1.807, 2.05) is 0 Å². The molecular formula is C66H126O6. The zero-order valence-corrected chi connectivity index (χ0v) is 49.0. The SMILES string of the molecule is CCCCC/C=C\CCCCCCCC(=O)OC(COC(=O)CCCCCCCCCCCCCC)COC(=O)CCCCCCCCCCCCCCCCCCCCCCCCCCCCCCCC. The highest BCUT2D eigenvalue weighted by molar-refractivity contribution is 5.71. The lowest BCUT2D eigenvalue weighted by Gasteiger charge is -2.18. The Balaban J connectivity index is 4.04. The van der Waals surface area contributed by atoms with Crippen molar-refractivity contribution in [2.45, 2.75) is 380 Å². The Morgan fingerprint density at radius 1 is 0.264 bits per heavy atom. The maximum Gasteiger partial charge on any atom is 0.306 e. The second-order valence-electron chi connectivity index (χ2n) is 22.4. The van der Waals surface area contributed by atoms with Crippen molar-refractivity contribution in [3.05, 3.63) is 12.2 Å². The zero-order chi connectivity index (χ0) is 52.2. The number of hydrogen-bond donors (Lipinski definition) is 0. The fraction of sp³-hybridized carbons (Fsp3) is 0.924. The van der Waals surface area contributed by atoms with Gasteiger partial charge in [-0.3, -0.25) is 14.4 Å². The Kier molecular flexibility index (Phi) is 60.1. The van der Waals surface area contributed by atoms with Crippen LogP contribution in [-0.4, -0.2) is 37.2 Å². The van der Waals surface area contributed by atoms with E-state index in [2.05, 4.69) is 32.9 Å². The molecular weight excluding hydrogens is 889 g/mol. The number of hydrogen-bond acceptors (Lipinski definition) is 6. The van der Waals surface area contributed by atoms with E-state index in [1.54, 1.807) is 0 Å². The molecule has 0 aromatic rings. The van der Waals surface area contributed by atoms with Gasteiger partial charge in [0.05, 0.1) is 0 Å². The van der Waals surface area contributed by atoms with Gasteiger partial charge in [-0.15, -0.1) is 0 Å². The molecule has 0 rings (SSSR count). The van der Waals surface area contributed by atoms with E-state index in [0.29, 0.717) is 19.3 Å². The normalized spacial score (nSPS) is 12.0. The Hall–Kier alpha value is -1.85. The molecule has 0 N–H and O–H groups in total.